The first-order chi connectivity index (χ1) is 11.1. The zero-order valence-electron chi connectivity index (χ0n) is 12.2. The molecular formula is C18H14IO4-. The Hall–Kier alpha value is -2.41. The van der Waals surface area contributed by atoms with Gasteiger partial charge in [0.2, 0.25) is 0 Å². The van der Waals surface area contributed by atoms with Crippen molar-refractivity contribution in [3.05, 3.63) is 81.0 Å². The molecule has 0 amide bonds. The van der Waals surface area contributed by atoms with E-state index in [9.17, 15) is 9.59 Å². The molecule has 23 heavy (non-hydrogen) atoms. The summed E-state index contributed by atoms with van der Waals surface area (Å²) in [6.07, 6.45) is 2.25. The van der Waals surface area contributed by atoms with Crippen LogP contribution < -0.4 is 30.7 Å². The van der Waals surface area contributed by atoms with Crippen LogP contribution in [0.25, 0.3) is 0 Å². The van der Waals surface area contributed by atoms with Gasteiger partial charge in [0.25, 0.3) is 0 Å². The van der Waals surface area contributed by atoms with Gasteiger partial charge in [0, 0.05) is 0 Å². The summed E-state index contributed by atoms with van der Waals surface area (Å²) in [6, 6.07) is 14.7. The first-order valence-electron chi connectivity index (χ1n) is 6.64. The van der Waals surface area contributed by atoms with Gasteiger partial charge in [0.05, 0.1) is 0 Å². The molecule has 0 radical (unpaired) electrons. The van der Waals surface area contributed by atoms with E-state index in [0.29, 0.717) is 11.5 Å². The molecule has 2 aromatic carbocycles. The molecule has 4 nitrogen and oxygen atoms in total. The van der Waals surface area contributed by atoms with Crippen LogP contribution in [0.1, 0.15) is 0 Å². The molecule has 0 heterocycles. The van der Waals surface area contributed by atoms with E-state index >= 15 is 0 Å². The van der Waals surface area contributed by atoms with Gasteiger partial charge in [-0.25, -0.2) is 0 Å². The third-order valence-electron chi connectivity index (χ3n) is 2.58. The monoisotopic (exact) mass is 421 g/mol. The zero-order chi connectivity index (χ0) is 16.7. The van der Waals surface area contributed by atoms with E-state index in [-0.39, 0.29) is 0 Å². The minimum absolute atomic E-state index is 0.487. The summed E-state index contributed by atoms with van der Waals surface area (Å²) in [5.74, 6) is 0.0000455. The average Bonchev–Trinajstić information content (AvgIpc) is 2.55. The van der Waals surface area contributed by atoms with Gasteiger partial charge in [-0.05, 0) is 0 Å². The predicted octanol–water partition coefficient (Wildman–Crippen LogP) is -0.00220. The van der Waals surface area contributed by atoms with Crippen LogP contribution in [0.15, 0.2) is 73.8 Å². The van der Waals surface area contributed by atoms with E-state index in [2.05, 4.69) is 13.2 Å². The first-order valence-corrected chi connectivity index (χ1v) is 8.80. The van der Waals surface area contributed by atoms with Gasteiger partial charge >= 0.3 is 145 Å². The first kappa shape index (κ1) is 17.0. The van der Waals surface area contributed by atoms with Crippen LogP contribution in [0, 0.1) is 7.14 Å². The molecule has 118 valence electrons. The van der Waals surface area contributed by atoms with Crippen LogP contribution in [0.3, 0.4) is 0 Å². The molecule has 0 fully saturated rings. The molecule has 2 aromatic rings. The molecule has 0 saturated carbocycles. The fourth-order valence-corrected chi connectivity index (χ4v) is 4.04. The zero-order valence-corrected chi connectivity index (χ0v) is 14.4. The molecule has 2 rings (SSSR count). The summed E-state index contributed by atoms with van der Waals surface area (Å²) in [4.78, 5) is 22.5. The Balaban J connectivity index is 2.12. The quantitative estimate of drug-likeness (QED) is 0.285. The Morgan fingerprint density at radius 2 is 1.26 bits per heavy atom. The van der Waals surface area contributed by atoms with E-state index in [1.165, 1.54) is 0 Å². The molecule has 0 aliphatic carbocycles. The van der Waals surface area contributed by atoms with Crippen molar-refractivity contribution in [2.24, 2.45) is 0 Å². The van der Waals surface area contributed by atoms with Gasteiger partial charge in [-0.15, -0.1) is 0 Å². The summed E-state index contributed by atoms with van der Waals surface area (Å²) >= 11 is -0.500. The van der Waals surface area contributed by atoms with E-state index in [1.807, 2.05) is 36.4 Å². The Kier molecular flexibility index (Phi) is 6.10. The Bertz CT molecular complexity index is 689. The number of hydrogen-bond donors (Lipinski definition) is 0. The summed E-state index contributed by atoms with van der Waals surface area (Å²) in [7, 11) is 0. The Morgan fingerprint density at radius 3 is 1.65 bits per heavy atom. The van der Waals surface area contributed by atoms with Crippen LogP contribution >= 0.6 is 0 Å². The molecule has 5 heteroatoms. The normalized spacial score (nSPS) is 9.91. The number of ether oxygens (including phenoxy) is 2. The predicted molar refractivity (Wildman–Crippen MR) is 81.9 cm³/mol. The van der Waals surface area contributed by atoms with Gasteiger partial charge in [-0.1, -0.05) is 0 Å². The van der Waals surface area contributed by atoms with Gasteiger partial charge in [-0.3, -0.25) is 0 Å². The van der Waals surface area contributed by atoms with Gasteiger partial charge in [-0.2, -0.15) is 0 Å². The Morgan fingerprint density at radius 1 is 0.826 bits per heavy atom. The number of esters is 2. The third-order valence-corrected chi connectivity index (χ3v) is 5.17. The van der Waals surface area contributed by atoms with Crippen molar-refractivity contribution in [2.45, 2.75) is 0 Å². The maximum absolute atomic E-state index is 11.2. The van der Waals surface area contributed by atoms with E-state index in [1.54, 1.807) is 12.1 Å². The number of halogens is 1. The number of rotatable bonds is 6. The topological polar surface area (TPSA) is 52.6 Å². The number of hydrogen-bond acceptors (Lipinski definition) is 4. The second-order valence-electron chi connectivity index (χ2n) is 4.26. The van der Waals surface area contributed by atoms with Gasteiger partial charge in [0.15, 0.2) is 0 Å². The number of benzene rings is 2. The molecule has 0 spiro atoms. The molecule has 0 aromatic heterocycles. The van der Waals surface area contributed by atoms with Crippen molar-refractivity contribution >= 4 is 11.9 Å². The number of carbonyl (C=O) groups is 2. The summed E-state index contributed by atoms with van der Waals surface area (Å²) in [6.45, 7) is 6.74. The third kappa shape index (κ3) is 5.37. The molecule has 0 N–H and O–H groups in total. The summed E-state index contributed by atoms with van der Waals surface area (Å²) < 4.78 is 12.4. The van der Waals surface area contributed by atoms with Crippen LogP contribution in [0.4, 0.5) is 0 Å². The van der Waals surface area contributed by atoms with Crippen LogP contribution in [-0.2, 0) is 9.59 Å². The van der Waals surface area contributed by atoms with E-state index in [0.717, 1.165) is 19.3 Å². The van der Waals surface area contributed by atoms with Crippen LogP contribution in [0.2, 0.25) is 0 Å². The molecule has 0 saturated heterocycles. The molecule has 0 aliphatic rings. The van der Waals surface area contributed by atoms with Crippen molar-refractivity contribution in [3.63, 3.8) is 0 Å². The summed E-state index contributed by atoms with van der Waals surface area (Å²) in [5.41, 5.74) is 0. The fraction of sp³-hybridized carbons (Fsp3) is 0. The molecule has 0 aliphatic heterocycles. The Labute approximate surface area is 144 Å². The molecule has 0 atom stereocenters. The molecule has 0 unspecified atom stereocenters. The van der Waals surface area contributed by atoms with Gasteiger partial charge in [0.1, 0.15) is 0 Å². The summed E-state index contributed by atoms with van der Waals surface area (Å²) in [5, 5.41) is 0. The van der Waals surface area contributed by atoms with Crippen molar-refractivity contribution < 1.29 is 40.3 Å². The van der Waals surface area contributed by atoms with Crippen molar-refractivity contribution in [1.82, 2.24) is 0 Å². The standard InChI is InChI=1S/C18H14IO4/c1-3-17(20)22-15-9-5-7-13(11-15)19-14-8-6-10-16(12-14)23-18(21)4-2/h3-12H,1-2H2/q-1. The van der Waals surface area contributed by atoms with E-state index < -0.39 is 33.1 Å². The van der Waals surface area contributed by atoms with E-state index in [4.69, 9.17) is 9.47 Å². The van der Waals surface area contributed by atoms with Crippen molar-refractivity contribution in [2.75, 3.05) is 0 Å². The average molecular weight is 421 g/mol. The van der Waals surface area contributed by atoms with Crippen molar-refractivity contribution in [1.29, 1.82) is 0 Å². The fourth-order valence-electron chi connectivity index (χ4n) is 1.62. The SMILES string of the molecule is C=CC(=O)Oc1cccc([I-]c2cccc(OC(=O)C=C)c2)c1. The second kappa shape index (κ2) is 8.28. The minimum atomic E-state index is -0.500. The number of carbonyl (C=O) groups excluding carboxylic acids is 2. The second-order valence-corrected chi connectivity index (χ2v) is 7.29. The van der Waals surface area contributed by atoms with Crippen LogP contribution in [0.5, 0.6) is 11.5 Å². The molecule has 0 bridgehead atoms. The van der Waals surface area contributed by atoms with Gasteiger partial charge < -0.3 is 0 Å². The van der Waals surface area contributed by atoms with Crippen molar-refractivity contribution in [3.8, 4) is 11.5 Å². The molecular weight excluding hydrogens is 407 g/mol. The maximum atomic E-state index is 11.2. The van der Waals surface area contributed by atoms with Crippen LogP contribution in [-0.4, -0.2) is 11.9 Å².